The molecule has 0 amide bonds. The van der Waals surface area contributed by atoms with Gasteiger partial charge in [0.05, 0.1) is 16.8 Å². The molecule has 0 atom stereocenters. The van der Waals surface area contributed by atoms with Crippen LogP contribution in [0, 0.1) is 20.8 Å². The molecule has 154 valence electrons. The normalized spacial score (nSPS) is 17.1. The zero-order valence-electron chi connectivity index (χ0n) is 16.6. The molecule has 0 unspecified atom stereocenters. The maximum absolute atomic E-state index is 13.0. The average molecular weight is 427 g/mol. The Kier molecular flexibility index (Phi) is 5.68. The van der Waals surface area contributed by atoms with E-state index in [0.717, 1.165) is 5.56 Å². The van der Waals surface area contributed by atoms with Crippen LogP contribution < -0.4 is 0 Å². The second-order valence-electron chi connectivity index (χ2n) is 6.99. The van der Waals surface area contributed by atoms with Crippen molar-refractivity contribution in [3.63, 3.8) is 0 Å². The average Bonchev–Trinajstić information content (AvgIpc) is 3.05. The van der Waals surface area contributed by atoms with Gasteiger partial charge >= 0.3 is 0 Å². The Morgan fingerprint density at radius 1 is 0.893 bits per heavy atom. The van der Waals surface area contributed by atoms with Crippen molar-refractivity contribution in [2.24, 2.45) is 0 Å². The first-order valence-electron chi connectivity index (χ1n) is 9.19. The summed E-state index contributed by atoms with van der Waals surface area (Å²) in [6, 6.07) is 5.32. The Morgan fingerprint density at radius 3 is 1.93 bits per heavy atom. The van der Waals surface area contributed by atoms with Crippen LogP contribution in [0.5, 0.6) is 0 Å². The maximum atomic E-state index is 13.0. The molecule has 0 bridgehead atoms. The fourth-order valence-corrected chi connectivity index (χ4v) is 6.73. The number of hydrogen-bond donors (Lipinski definition) is 0. The summed E-state index contributed by atoms with van der Waals surface area (Å²) in [4.78, 5) is 0.462. The topological polar surface area (TPSA) is 92.6 Å². The van der Waals surface area contributed by atoms with Gasteiger partial charge in [0, 0.05) is 32.7 Å². The van der Waals surface area contributed by atoms with Gasteiger partial charge in [0.2, 0.25) is 20.0 Å². The van der Waals surface area contributed by atoms with E-state index in [9.17, 15) is 16.8 Å². The van der Waals surface area contributed by atoms with Crippen LogP contribution in [-0.2, 0) is 26.6 Å². The summed E-state index contributed by atoms with van der Waals surface area (Å²) in [6.45, 7) is 8.29. The van der Waals surface area contributed by atoms with Gasteiger partial charge < -0.3 is 0 Å². The Bertz CT molecular complexity index is 1080. The summed E-state index contributed by atoms with van der Waals surface area (Å²) in [6.07, 6.45) is 1.37. The summed E-state index contributed by atoms with van der Waals surface area (Å²) in [5, 5.41) is 4.11. The minimum absolute atomic E-state index is 0.114. The Labute approximate surface area is 166 Å². The van der Waals surface area contributed by atoms with E-state index < -0.39 is 20.0 Å². The van der Waals surface area contributed by atoms with Gasteiger partial charge in [-0.15, -0.1) is 0 Å². The van der Waals surface area contributed by atoms with Crippen molar-refractivity contribution >= 4 is 20.0 Å². The number of aryl methyl sites for hydroxylation is 3. The first-order valence-corrected chi connectivity index (χ1v) is 12.1. The maximum Gasteiger partial charge on any atom is 0.246 e. The summed E-state index contributed by atoms with van der Waals surface area (Å²) in [5.74, 6) is 0. The molecule has 10 heteroatoms. The van der Waals surface area contributed by atoms with Crippen molar-refractivity contribution < 1.29 is 16.8 Å². The molecule has 0 saturated carbocycles. The monoisotopic (exact) mass is 426 g/mol. The van der Waals surface area contributed by atoms with Crippen LogP contribution in [0.15, 0.2) is 34.2 Å². The Balaban J connectivity index is 1.80. The molecule has 1 fully saturated rings. The minimum atomic E-state index is -3.70. The van der Waals surface area contributed by atoms with Gasteiger partial charge in [0.25, 0.3) is 0 Å². The zero-order chi connectivity index (χ0) is 20.7. The van der Waals surface area contributed by atoms with Crippen molar-refractivity contribution in [2.45, 2.75) is 44.0 Å². The molecular formula is C18H26N4O4S2. The molecule has 1 aliphatic rings. The number of hydrogen-bond acceptors (Lipinski definition) is 5. The molecular weight excluding hydrogens is 400 g/mol. The van der Waals surface area contributed by atoms with Crippen molar-refractivity contribution in [1.29, 1.82) is 0 Å². The van der Waals surface area contributed by atoms with Gasteiger partial charge in [0.15, 0.2) is 0 Å². The molecule has 1 saturated heterocycles. The highest BCUT2D eigenvalue weighted by Gasteiger charge is 2.35. The second kappa shape index (κ2) is 7.58. The fourth-order valence-electron chi connectivity index (χ4n) is 3.42. The SMILES string of the molecule is CCn1ncc(S(=O)(=O)N2CCN(S(=O)(=O)c3cc(C)ccc3C)CC2)c1C. The summed E-state index contributed by atoms with van der Waals surface area (Å²) in [7, 11) is -7.36. The highest BCUT2D eigenvalue weighted by Crippen LogP contribution is 2.25. The highest BCUT2D eigenvalue weighted by molar-refractivity contribution is 7.89. The van der Waals surface area contributed by atoms with E-state index in [0.29, 0.717) is 17.8 Å². The van der Waals surface area contributed by atoms with Crippen LogP contribution in [0.25, 0.3) is 0 Å². The third-order valence-corrected chi connectivity index (χ3v) is 9.18. The lowest BCUT2D eigenvalue weighted by Crippen LogP contribution is -2.50. The van der Waals surface area contributed by atoms with Crippen molar-refractivity contribution in [3.05, 3.63) is 41.2 Å². The van der Waals surface area contributed by atoms with Gasteiger partial charge in [-0.2, -0.15) is 13.7 Å². The van der Waals surface area contributed by atoms with Crippen LogP contribution in [0.3, 0.4) is 0 Å². The van der Waals surface area contributed by atoms with Crippen LogP contribution in [0.2, 0.25) is 0 Å². The highest BCUT2D eigenvalue weighted by atomic mass is 32.2. The lowest BCUT2D eigenvalue weighted by atomic mass is 10.2. The molecule has 1 aliphatic heterocycles. The van der Waals surface area contributed by atoms with Crippen LogP contribution in [-0.4, -0.2) is 61.4 Å². The number of nitrogens with zero attached hydrogens (tertiary/aromatic N) is 4. The summed E-state index contributed by atoms with van der Waals surface area (Å²) >= 11 is 0. The van der Waals surface area contributed by atoms with E-state index in [4.69, 9.17) is 0 Å². The smallest absolute Gasteiger partial charge is 0.246 e. The van der Waals surface area contributed by atoms with Crippen LogP contribution in [0.1, 0.15) is 23.7 Å². The van der Waals surface area contributed by atoms with Gasteiger partial charge in [-0.25, -0.2) is 16.8 Å². The minimum Gasteiger partial charge on any atom is -0.269 e. The second-order valence-corrected chi connectivity index (χ2v) is 10.8. The first kappa shape index (κ1) is 21.0. The molecule has 2 aromatic rings. The predicted octanol–water partition coefficient (Wildman–Crippen LogP) is 1.52. The standard InChI is InChI=1S/C18H26N4O4S2/c1-5-22-16(4)18(13-19-22)28(25,26)21-10-8-20(9-11-21)27(23,24)17-12-14(2)6-7-15(17)3/h6-7,12-13H,5,8-11H2,1-4H3. The van der Waals surface area contributed by atoms with E-state index in [1.165, 1.54) is 14.8 Å². The zero-order valence-corrected chi connectivity index (χ0v) is 18.2. The van der Waals surface area contributed by atoms with E-state index >= 15 is 0 Å². The fraction of sp³-hybridized carbons (Fsp3) is 0.500. The Hall–Kier alpha value is -1.75. The van der Waals surface area contributed by atoms with Crippen molar-refractivity contribution in [2.75, 3.05) is 26.2 Å². The molecule has 0 N–H and O–H groups in total. The number of benzene rings is 1. The van der Waals surface area contributed by atoms with Gasteiger partial charge in [-0.3, -0.25) is 4.68 Å². The van der Waals surface area contributed by atoms with Crippen molar-refractivity contribution in [1.82, 2.24) is 18.4 Å². The van der Waals surface area contributed by atoms with E-state index in [1.54, 1.807) is 30.7 Å². The van der Waals surface area contributed by atoms with Crippen molar-refractivity contribution in [3.8, 4) is 0 Å². The molecule has 8 nitrogen and oxygen atoms in total. The third-order valence-electron chi connectivity index (χ3n) is 5.13. The van der Waals surface area contributed by atoms with Gasteiger partial charge in [-0.05, 0) is 44.9 Å². The third kappa shape index (κ3) is 3.61. The Morgan fingerprint density at radius 2 is 1.43 bits per heavy atom. The number of rotatable bonds is 5. The molecule has 28 heavy (non-hydrogen) atoms. The number of aromatic nitrogens is 2. The van der Waals surface area contributed by atoms with E-state index in [-0.39, 0.29) is 36.0 Å². The number of piperazine rings is 1. The lowest BCUT2D eigenvalue weighted by molar-refractivity contribution is 0.272. The molecule has 0 aliphatic carbocycles. The van der Waals surface area contributed by atoms with Crippen LogP contribution in [0.4, 0.5) is 0 Å². The van der Waals surface area contributed by atoms with E-state index in [1.807, 2.05) is 19.9 Å². The largest absolute Gasteiger partial charge is 0.269 e. The first-order chi connectivity index (χ1) is 13.1. The van der Waals surface area contributed by atoms with Gasteiger partial charge in [-0.1, -0.05) is 12.1 Å². The molecule has 3 rings (SSSR count). The number of sulfonamides is 2. The molecule has 2 heterocycles. The van der Waals surface area contributed by atoms with E-state index in [2.05, 4.69) is 5.10 Å². The summed E-state index contributed by atoms with van der Waals surface area (Å²) in [5.41, 5.74) is 2.14. The summed E-state index contributed by atoms with van der Waals surface area (Å²) < 4.78 is 56.3. The predicted molar refractivity (Wildman–Crippen MR) is 106 cm³/mol. The molecule has 1 aromatic carbocycles. The molecule has 0 spiro atoms. The lowest BCUT2D eigenvalue weighted by Gasteiger charge is -2.33. The molecule has 1 aromatic heterocycles. The quantitative estimate of drug-likeness (QED) is 0.723. The van der Waals surface area contributed by atoms with Crippen LogP contribution >= 0.6 is 0 Å². The molecule has 0 radical (unpaired) electrons. The van der Waals surface area contributed by atoms with Gasteiger partial charge in [0.1, 0.15) is 4.90 Å².